The van der Waals surface area contributed by atoms with Crippen LogP contribution in [0.3, 0.4) is 0 Å². The number of aromatic nitrogens is 3. The van der Waals surface area contributed by atoms with Gasteiger partial charge in [0.25, 0.3) is 0 Å². The molecule has 1 unspecified atom stereocenters. The zero-order valence-corrected chi connectivity index (χ0v) is 20.5. The van der Waals surface area contributed by atoms with Gasteiger partial charge in [-0.1, -0.05) is 59.8 Å². The van der Waals surface area contributed by atoms with Crippen LogP contribution in [0.4, 0.5) is 19.3 Å². The van der Waals surface area contributed by atoms with Gasteiger partial charge in [0.1, 0.15) is 0 Å². The molecule has 0 saturated heterocycles. The summed E-state index contributed by atoms with van der Waals surface area (Å²) in [5, 5.41) is 15.2. The van der Waals surface area contributed by atoms with Crippen molar-refractivity contribution >= 4 is 35.1 Å². The average molecular weight is 514 g/mol. The molecule has 4 rings (SSSR count). The molecular weight excluding hydrogens is 492 g/mol. The lowest BCUT2D eigenvalue weighted by Gasteiger charge is -2.18. The van der Waals surface area contributed by atoms with E-state index < -0.39 is 23.7 Å². The van der Waals surface area contributed by atoms with Crippen LogP contribution < -0.4 is 10.6 Å². The fourth-order valence-corrected chi connectivity index (χ4v) is 4.50. The lowest BCUT2D eigenvalue weighted by atomic mass is 10.2. The Morgan fingerprint density at radius 1 is 1.06 bits per heavy atom. The zero-order chi connectivity index (χ0) is 24.9. The molecule has 1 atom stereocenters. The molecule has 0 saturated carbocycles. The summed E-state index contributed by atoms with van der Waals surface area (Å²) in [6.45, 7) is 3.71. The number of amides is 2. The number of anilines is 1. The van der Waals surface area contributed by atoms with Gasteiger partial charge in [-0.3, -0.25) is 4.57 Å². The molecule has 0 radical (unpaired) electrons. The Morgan fingerprint density at radius 2 is 1.83 bits per heavy atom. The highest BCUT2D eigenvalue weighted by molar-refractivity contribution is 7.98. The normalized spacial score (nSPS) is 11.8. The number of hydrogen-bond acceptors (Lipinski definition) is 4. The first kappa shape index (κ1) is 24.7. The average Bonchev–Trinajstić information content (AvgIpc) is 3.26. The van der Waals surface area contributed by atoms with Crippen LogP contribution in [0.15, 0.2) is 71.9 Å². The smallest absolute Gasteiger partial charge is 0.319 e. The highest BCUT2D eigenvalue weighted by atomic mass is 35.5. The first-order valence-corrected chi connectivity index (χ1v) is 12.1. The van der Waals surface area contributed by atoms with Crippen molar-refractivity contribution in [3.8, 4) is 5.69 Å². The third-order valence-corrected chi connectivity index (χ3v) is 6.43. The van der Waals surface area contributed by atoms with E-state index in [-0.39, 0.29) is 5.69 Å². The van der Waals surface area contributed by atoms with Gasteiger partial charge in [0, 0.05) is 22.5 Å². The standard InChI is InChI=1S/C25H22ClF2N5OS/c1-15-8-9-18(26)12-22(15)33-23(31-32-25(33)35-14-17-6-4-3-5-7-17)16(2)29-24(34)30-19-10-11-20(27)21(28)13-19/h3-13,16H,14H2,1-2H3,(H2,29,30,34). The summed E-state index contributed by atoms with van der Waals surface area (Å²) in [4.78, 5) is 12.6. The van der Waals surface area contributed by atoms with Gasteiger partial charge in [0.05, 0.1) is 11.7 Å². The lowest BCUT2D eigenvalue weighted by Crippen LogP contribution is -2.32. The van der Waals surface area contributed by atoms with Crippen molar-refractivity contribution in [1.29, 1.82) is 0 Å². The molecule has 3 aromatic carbocycles. The summed E-state index contributed by atoms with van der Waals surface area (Å²) in [5.41, 5.74) is 3.01. The summed E-state index contributed by atoms with van der Waals surface area (Å²) in [7, 11) is 0. The van der Waals surface area contributed by atoms with E-state index in [1.165, 1.54) is 17.8 Å². The molecular formula is C25H22ClF2N5OS. The molecule has 0 spiro atoms. The van der Waals surface area contributed by atoms with E-state index in [2.05, 4.69) is 20.8 Å². The van der Waals surface area contributed by atoms with E-state index in [1.807, 2.05) is 54.0 Å². The van der Waals surface area contributed by atoms with E-state index in [0.29, 0.717) is 21.8 Å². The zero-order valence-electron chi connectivity index (χ0n) is 18.9. The number of benzene rings is 3. The van der Waals surface area contributed by atoms with Crippen LogP contribution in [0.1, 0.15) is 29.9 Å². The van der Waals surface area contributed by atoms with Gasteiger partial charge in [0.2, 0.25) is 0 Å². The Hall–Kier alpha value is -3.43. The molecule has 35 heavy (non-hydrogen) atoms. The number of nitrogens with zero attached hydrogens (tertiary/aromatic N) is 3. The van der Waals surface area contributed by atoms with Crippen molar-refractivity contribution < 1.29 is 13.6 Å². The molecule has 0 fully saturated rings. The predicted molar refractivity (Wildman–Crippen MR) is 134 cm³/mol. The highest BCUT2D eigenvalue weighted by Gasteiger charge is 2.22. The van der Waals surface area contributed by atoms with Gasteiger partial charge in [-0.25, -0.2) is 13.6 Å². The van der Waals surface area contributed by atoms with E-state index >= 15 is 0 Å². The van der Waals surface area contributed by atoms with Gasteiger partial charge >= 0.3 is 6.03 Å². The van der Waals surface area contributed by atoms with Gasteiger partial charge in [-0.2, -0.15) is 0 Å². The van der Waals surface area contributed by atoms with E-state index in [9.17, 15) is 13.6 Å². The Kier molecular flexibility index (Phi) is 7.67. The Labute approximate surface area is 210 Å². The van der Waals surface area contributed by atoms with Crippen LogP contribution in [-0.4, -0.2) is 20.8 Å². The second-order valence-corrected chi connectivity index (χ2v) is 9.21. The van der Waals surface area contributed by atoms with Crippen LogP contribution in [0.25, 0.3) is 5.69 Å². The molecule has 2 amide bonds. The largest absolute Gasteiger partial charge is 0.328 e. The molecule has 0 bridgehead atoms. The van der Waals surface area contributed by atoms with Gasteiger partial charge < -0.3 is 10.6 Å². The number of rotatable bonds is 7. The topological polar surface area (TPSA) is 71.8 Å². The number of nitrogens with one attached hydrogen (secondary N) is 2. The van der Waals surface area contributed by atoms with Crippen LogP contribution >= 0.6 is 23.4 Å². The molecule has 180 valence electrons. The Balaban J connectivity index is 1.60. The van der Waals surface area contributed by atoms with Crippen molar-refractivity contribution in [1.82, 2.24) is 20.1 Å². The van der Waals surface area contributed by atoms with Crippen LogP contribution in [0, 0.1) is 18.6 Å². The summed E-state index contributed by atoms with van der Waals surface area (Å²) in [6.07, 6.45) is 0. The van der Waals surface area contributed by atoms with Crippen LogP contribution in [0.5, 0.6) is 0 Å². The first-order chi connectivity index (χ1) is 16.8. The maximum absolute atomic E-state index is 13.5. The number of carbonyl (C=O) groups excluding carboxylic acids is 1. The molecule has 10 heteroatoms. The third-order valence-electron chi connectivity index (χ3n) is 5.19. The summed E-state index contributed by atoms with van der Waals surface area (Å²) in [6, 6.07) is 17.5. The lowest BCUT2D eigenvalue weighted by molar-refractivity contribution is 0.248. The van der Waals surface area contributed by atoms with E-state index in [1.54, 1.807) is 13.0 Å². The summed E-state index contributed by atoms with van der Waals surface area (Å²) in [5.74, 6) is -0.870. The van der Waals surface area contributed by atoms with Crippen molar-refractivity contribution in [2.24, 2.45) is 0 Å². The number of carbonyl (C=O) groups is 1. The van der Waals surface area contributed by atoms with Crippen LogP contribution in [0.2, 0.25) is 5.02 Å². The fraction of sp³-hybridized carbons (Fsp3) is 0.160. The van der Waals surface area contributed by atoms with Crippen molar-refractivity contribution in [3.63, 3.8) is 0 Å². The molecule has 2 N–H and O–H groups in total. The van der Waals surface area contributed by atoms with E-state index in [0.717, 1.165) is 28.9 Å². The van der Waals surface area contributed by atoms with E-state index in [4.69, 9.17) is 11.6 Å². The summed E-state index contributed by atoms with van der Waals surface area (Å²) >= 11 is 7.80. The highest BCUT2D eigenvalue weighted by Crippen LogP contribution is 2.30. The fourth-order valence-electron chi connectivity index (χ4n) is 3.43. The van der Waals surface area contributed by atoms with Gasteiger partial charge in [-0.05, 0) is 49.2 Å². The molecule has 4 aromatic rings. The minimum absolute atomic E-state index is 0.125. The molecule has 0 aliphatic rings. The molecule has 0 aliphatic heterocycles. The Bertz CT molecular complexity index is 1350. The predicted octanol–water partition coefficient (Wildman–Crippen LogP) is 6.68. The molecule has 0 aliphatic carbocycles. The monoisotopic (exact) mass is 513 g/mol. The summed E-state index contributed by atoms with van der Waals surface area (Å²) < 4.78 is 28.5. The Morgan fingerprint density at radius 3 is 2.57 bits per heavy atom. The minimum Gasteiger partial charge on any atom is -0.328 e. The number of urea groups is 1. The number of hydrogen-bond donors (Lipinski definition) is 2. The van der Waals surface area contributed by atoms with Gasteiger partial charge in [-0.15, -0.1) is 10.2 Å². The first-order valence-electron chi connectivity index (χ1n) is 10.7. The van der Waals surface area contributed by atoms with Crippen molar-refractivity contribution in [2.75, 3.05) is 5.32 Å². The van der Waals surface area contributed by atoms with Crippen molar-refractivity contribution in [2.45, 2.75) is 30.8 Å². The quantitative estimate of drug-likeness (QED) is 0.270. The third kappa shape index (κ3) is 5.98. The van der Waals surface area contributed by atoms with Crippen LogP contribution in [-0.2, 0) is 5.75 Å². The maximum atomic E-state index is 13.5. The second kappa shape index (κ2) is 10.9. The second-order valence-electron chi connectivity index (χ2n) is 7.83. The molecule has 6 nitrogen and oxygen atoms in total. The SMILES string of the molecule is Cc1ccc(Cl)cc1-n1c(SCc2ccccc2)nnc1C(C)NC(=O)Nc1ccc(F)c(F)c1. The van der Waals surface area contributed by atoms with Crippen molar-refractivity contribution in [3.05, 3.63) is 100 Å². The molecule has 1 heterocycles. The minimum atomic E-state index is -1.05. The maximum Gasteiger partial charge on any atom is 0.319 e. The number of halogens is 3. The number of aryl methyl sites for hydroxylation is 1. The molecule has 1 aromatic heterocycles. The van der Waals surface area contributed by atoms with Gasteiger partial charge in [0.15, 0.2) is 22.6 Å². The number of thioether (sulfide) groups is 1.